The molecule has 0 aliphatic heterocycles. The smallest absolute Gasteiger partial charge is 0.258 e. The molecule has 0 aliphatic rings. The van der Waals surface area contributed by atoms with E-state index in [4.69, 9.17) is 5.11 Å². The van der Waals surface area contributed by atoms with E-state index in [2.05, 4.69) is 27.1 Å². The molecule has 0 aromatic carbocycles. The van der Waals surface area contributed by atoms with Crippen LogP contribution in [0.1, 0.15) is 21.5 Å². The lowest BCUT2D eigenvalue weighted by Crippen LogP contribution is -2.15. The second-order valence-corrected chi connectivity index (χ2v) is 4.00. The molecule has 0 bridgehead atoms. The number of aromatic nitrogens is 2. The molecule has 2 heterocycles. The maximum absolute atomic E-state index is 12.2. The Kier molecular flexibility index (Phi) is 4.43. The summed E-state index contributed by atoms with van der Waals surface area (Å²) in [6.07, 6.45) is 4.62. The van der Waals surface area contributed by atoms with E-state index in [1.807, 2.05) is 13.0 Å². The van der Waals surface area contributed by atoms with Crippen LogP contribution in [0.2, 0.25) is 0 Å². The van der Waals surface area contributed by atoms with Gasteiger partial charge in [0.1, 0.15) is 12.4 Å². The molecule has 5 nitrogen and oxygen atoms in total. The topological polar surface area (TPSA) is 75.1 Å². The number of carbonyl (C=O) groups excluding carboxylic acids is 1. The van der Waals surface area contributed by atoms with Gasteiger partial charge in [0.05, 0.1) is 11.1 Å². The van der Waals surface area contributed by atoms with Crippen molar-refractivity contribution in [2.45, 2.75) is 6.92 Å². The van der Waals surface area contributed by atoms with Crippen molar-refractivity contribution < 1.29 is 9.90 Å². The van der Waals surface area contributed by atoms with Crippen LogP contribution in [0, 0.1) is 18.8 Å². The van der Waals surface area contributed by atoms with Crippen LogP contribution in [-0.2, 0) is 0 Å². The van der Waals surface area contributed by atoms with Gasteiger partial charge in [-0.25, -0.2) is 4.98 Å². The third-order valence-electron chi connectivity index (χ3n) is 2.61. The van der Waals surface area contributed by atoms with Crippen molar-refractivity contribution in [1.29, 1.82) is 0 Å². The van der Waals surface area contributed by atoms with E-state index in [1.54, 1.807) is 18.3 Å². The third kappa shape index (κ3) is 3.19. The molecule has 2 N–H and O–H groups in total. The van der Waals surface area contributed by atoms with Crippen LogP contribution in [0.25, 0.3) is 0 Å². The number of amides is 1. The van der Waals surface area contributed by atoms with Gasteiger partial charge in [0.25, 0.3) is 5.91 Å². The molecule has 5 heteroatoms. The van der Waals surface area contributed by atoms with E-state index in [1.165, 1.54) is 12.4 Å². The van der Waals surface area contributed by atoms with Gasteiger partial charge in [-0.3, -0.25) is 9.78 Å². The highest BCUT2D eigenvalue weighted by Crippen LogP contribution is 2.13. The first kappa shape index (κ1) is 13.7. The minimum Gasteiger partial charge on any atom is -0.384 e. The van der Waals surface area contributed by atoms with Crippen molar-refractivity contribution in [2.24, 2.45) is 0 Å². The Labute approximate surface area is 116 Å². The van der Waals surface area contributed by atoms with Gasteiger partial charge in [-0.15, -0.1) is 0 Å². The summed E-state index contributed by atoms with van der Waals surface area (Å²) in [5.41, 5.74) is 1.73. The molecule has 0 fully saturated rings. The molecular weight excluding hydrogens is 254 g/mol. The molecule has 2 aromatic heterocycles. The highest BCUT2D eigenvalue weighted by atomic mass is 16.2. The fourth-order valence-electron chi connectivity index (χ4n) is 1.62. The van der Waals surface area contributed by atoms with Crippen LogP contribution >= 0.6 is 0 Å². The molecule has 0 atom stereocenters. The van der Waals surface area contributed by atoms with E-state index in [9.17, 15) is 4.79 Å². The highest BCUT2D eigenvalue weighted by Gasteiger charge is 2.11. The average molecular weight is 267 g/mol. The van der Waals surface area contributed by atoms with Crippen molar-refractivity contribution in [3.8, 4) is 11.8 Å². The van der Waals surface area contributed by atoms with Gasteiger partial charge in [-0.1, -0.05) is 17.9 Å². The maximum atomic E-state index is 12.2. The second kappa shape index (κ2) is 6.45. The SMILES string of the molecule is Cc1cccnc1NC(=O)c1ccncc1C#CCO. The molecular formula is C15H13N3O2. The first-order valence-electron chi connectivity index (χ1n) is 5.99. The number of aryl methyl sites for hydroxylation is 1. The van der Waals surface area contributed by atoms with Crippen LogP contribution in [0.4, 0.5) is 5.82 Å². The van der Waals surface area contributed by atoms with Crippen LogP contribution in [0.3, 0.4) is 0 Å². The molecule has 20 heavy (non-hydrogen) atoms. The number of pyridine rings is 2. The number of rotatable bonds is 2. The van der Waals surface area contributed by atoms with Crippen molar-refractivity contribution in [3.63, 3.8) is 0 Å². The molecule has 2 rings (SSSR count). The summed E-state index contributed by atoms with van der Waals surface area (Å²) in [5, 5.41) is 11.5. The van der Waals surface area contributed by atoms with Crippen LogP contribution in [0.15, 0.2) is 36.8 Å². The number of nitrogens with zero attached hydrogens (tertiary/aromatic N) is 2. The number of nitrogens with one attached hydrogen (secondary N) is 1. The Morgan fingerprint density at radius 3 is 3.00 bits per heavy atom. The summed E-state index contributed by atoms with van der Waals surface area (Å²) in [7, 11) is 0. The van der Waals surface area contributed by atoms with Crippen molar-refractivity contribution in [3.05, 3.63) is 53.5 Å². The summed E-state index contributed by atoms with van der Waals surface area (Å²) in [5.74, 6) is 5.41. The normalized spacial score (nSPS) is 9.50. The third-order valence-corrected chi connectivity index (χ3v) is 2.61. The van der Waals surface area contributed by atoms with E-state index >= 15 is 0 Å². The summed E-state index contributed by atoms with van der Waals surface area (Å²) < 4.78 is 0. The van der Waals surface area contributed by atoms with Gasteiger partial charge in [-0.2, -0.15) is 0 Å². The first-order chi connectivity index (χ1) is 9.72. The summed E-state index contributed by atoms with van der Waals surface area (Å²) in [6.45, 7) is 1.59. The van der Waals surface area contributed by atoms with Gasteiger partial charge in [-0.05, 0) is 24.6 Å². The van der Waals surface area contributed by atoms with Crippen molar-refractivity contribution in [1.82, 2.24) is 9.97 Å². The molecule has 2 aromatic rings. The van der Waals surface area contributed by atoms with Gasteiger partial charge in [0.15, 0.2) is 0 Å². The van der Waals surface area contributed by atoms with Crippen LogP contribution < -0.4 is 5.32 Å². The first-order valence-corrected chi connectivity index (χ1v) is 5.99. The minimum absolute atomic E-state index is 0.269. The number of hydrogen-bond acceptors (Lipinski definition) is 4. The zero-order chi connectivity index (χ0) is 14.4. The number of aliphatic hydroxyl groups is 1. The van der Waals surface area contributed by atoms with E-state index < -0.39 is 0 Å². The lowest BCUT2D eigenvalue weighted by atomic mass is 10.1. The van der Waals surface area contributed by atoms with E-state index in [-0.39, 0.29) is 12.5 Å². The van der Waals surface area contributed by atoms with Crippen LogP contribution in [0.5, 0.6) is 0 Å². The Morgan fingerprint density at radius 2 is 2.25 bits per heavy atom. The summed E-state index contributed by atoms with van der Waals surface area (Å²) in [4.78, 5) is 20.3. The van der Waals surface area contributed by atoms with E-state index in [0.717, 1.165) is 5.56 Å². The molecule has 0 radical (unpaired) electrons. The highest BCUT2D eigenvalue weighted by molar-refractivity contribution is 6.05. The quantitative estimate of drug-likeness (QED) is 0.806. The minimum atomic E-state index is -0.309. The fraction of sp³-hybridized carbons (Fsp3) is 0.133. The predicted molar refractivity (Wildman–Crippen MR) is 75.1 cm³/mol. The molecule has 0 saturated carbocycles. The number of aliphatic hydroxyl groups excluding tert-OH is 1. The fourth-order valence-corrected chi connectivity index (χ4v) is 1.62. The predicted octanol–water partition coefficient (Wildman–Crippen LogP) is 1.38. The largest absolute Gasteiger partial charge is 0.384 e. The zero-order valence-electron chi connectivity index (χ0n) is 10.9. The Bertz CT molecular complexity index is 687. The van der Waals surface area contributed by atoms with Gasteiger partial charge in [0, 0.05) is 18.6 Å². The van der Waals surface area contributed by atoms with Crippen LogP contribution in [-0.4, -0.2) is 27.6 Å². The van der Waals surface area contributed by atoms with E-state index in [0.29, 0.717) is 16.9 Å². The second-order valence-electron chi connectivity index (χ2n) is 4.00. The van der Waals surface area contributed by atoms with Gasteiger partial charge in [0.2, 0.25) is 0 Å². The number of hydrogen-bond donors (Lipinski definition) is 2. The standard InChI is InChI=1S/C15H13N3O2/c1-11-4-2-7-17-14(11)18-15(20)13-6-8-16-10-12(13)5-3-9-19/h2,4,6-8,10,19H,9H2,1H3,(H,17,18,20). The average Bonchev–Trinajstić information content (AvgIpc) is 2.47. The summed E-state index contributed by atoms with van der Waals surface area (Å²) in [6, 6.07) is 5.24. The maximum Gasteiger partial charge on any atom is 0.258 e. The van der Waals surface area contributed by atoms with Gasteiger partial charge >= 0.3 is 0 Å². The molecule has 100 valence electrons. The van der Waals surface area contributed by atoms with Gasteiger partial charge < -0.3 is 10.4 Å². The van der Waals surface area contributed by atoms with Crippen molar-refractivity contribution in [2.75, 3.05) is 11.9 Å². The summed E-state index contributed by atoms with van der Waals surface area (Å²) >= 11 is 0. The molecule has 0 unspecified atom stereocenters. The molecule has 0 aliphatic carbocycles. The lowest BCUT2D eigenvalue weighted by molar-refractivity contribution is 0.102. The monoisotopic (exact) mass is 267 g/mol. The lowest BCUT2D eigenvalue weighted by Gasteiger charge is -2.07. The Balaban J connectivity index is 2.28. The number of carbonyl (C=O) groups is 1. The zero-order valence-corrected chi connectivity index (χ0v) is 10.9. The number of anilines is 1. The molecule has 0 saturated heterocycles. The Morgan fingerprint density at radius 1 is 1.40 bits per heavy atom. The molecule has 0 spiro atoms. The van der Waals surface area contributed by atoms with Crippen molar-refractivity contribution >= 4 is 11.7 Å². The Hall–Kier alpha value is -2.71. The molecule has 1 amide bonds.